The molecule has 2 aromatic carbocycles. The summed E-state index contributed by atoms with van der Waals surface area (Å²) in [5.41, 5.74) is 3.60. The molecular weight excluding hydrogens is 452 g/mol. The zero-order valence-electron chi connectivity index (χ0n) is 21.6. The number of ether oxygens (including phenoxy) is 1. The van der Waals surface area contributed by atoms with E-state index >= 15 is 0 Å². The van der Waals surface area contributed by atoms with Gasteiger partial charge in [0.25, 0.3) is 0 Å². The second kappa shape index (κ2) is 10.9. The molecule has 36 heavy (non-hydrogen) atoms. The van der Waals surface area contributed by atoms with Gasteiger partial charge in [-0.15, -0.1) is 0 Å². The van der Waals surface area contributed by atoms with Gasteiger partial charge in [-0.2, -0.15) is 0 Å². The number of likely N-dealkylation sites (tertiary alicyclic amines) is 1. The van der Waals surface area contributed by atoms with Crippen LogP contribution in [0.4, 0.5) is 5.69 Å². The summed E-state index contributed by atoms with van der Waals surface area (Å²) in [5, 5.41) is 0. The van der Waals surface area contributed by atoms with Gasteiger partial charge in [-0.3, -0.25) is 14.5 Å². The van der Waals surface area contributed by atoms with Crippen LogP contribution >= 0.6 is 0 Å². The third kappa shape index (κ3) is 5.67. The summed E-state index contributed by atoms with van der Waals surface area (Å²) in [6, 6.07) is 17.0. The number of piperazine rings is 1. The van der Waals surface area contributed by atoms with Crippen molar-refractivity contribution < 1.29 is 14.3 Å². The van der Waals surface area contributed by atoms with Crippen LogP contribution in [-0.2, 0) is 22.7 Å². The lowest BCUT2D eigenvalue weighted by molar-refractivity contribution is -0.136. The van der Waals surface area contributed by atoms with Crippen molar-refractivity contribution in [2.45, 2.75) is 33.4 Å². The minimum Gasteiger partial charge on any atom is -0.491 e. The van der Waals surface area contributed by atoms with E-state index in [1.54, 1.807) is 0 Å². The lowest BCUT2D eigenvalue weighted by Gasteiger charge is -2.36. The Hall–Kier alpha value is -3.06. The van der Waals surface area contributed by atoms with Crippen LogP contribution in [-0.4, -0.2) is 78.9 Å². The van der Waals surface area contributed by atoms with Gasteiger partial charge in [0.05, 0.1) is 12.5 Å². The van der Waals surface area contributed by atoms with Crippen LogP contribution in [0.2, 0.25) is 0 Å². The first-order valence-corrected chi connectivity index (χ1v) is 13.3. The lowest BCUT2D eigenvalue weighted by atomic mass is 10.1. The molecule has 2 aromatic rings. The number of anilines is 1. The Morgan fingerprint density at radius 2 is 1.81 bits per heavy atom. The highest BCUT2D eigenvalue weighted by molar-refractivity contribution is 5.89. The van der Waals surface area contributed by atoms with Crippen LogP contribution in [0.15, 0.2) is 48.5 Å². The van der Waals surface area contributed by atoms with Crippen LogP contribution < -0.4 is 9.64 Å². The first-order chi connectivity index (χ1) is 17.5. The number of hydrogen-bond acceptors (Lipinski definition) is 5. The monoisotopic (exact) mass is 490 g/mol. The van der Waals surface area contributed by atoms with E-state index in [-0.39, 0.29) is 17.7 Å². The normalized spacial score (nSPS) is 20.9. The molecule has 1 atom stereocenters. The van der Waals surface area contributed by atoms with Crippen molar-refractivity contribution in [3.05, 3.63) is 59.7 Å². The predicted molar refractivity (Wildman–Crippen MR) is 141 cm³/mol. The molecule has 0 saturated carbocycles. The van der Waals surface area contributed by atoms with Gasteiger partial charge in [0, 0.05) is 70.0 Å². The Morgan fingerprint density at radius 1 is 1.03 bits per heavy atom. The third-order valence-corrected chi connectivity index (χ3v) is 7.47. The zero-order chi connectivity index (χ0) is 25.1. The third-order valence-electron chi connectivity index (χ3n) is 7.47. The van der Waals surface area contributed by atoms with E-state index in [0.29, 0.717) is 38.6 Å². The molecule has 2 saturated heterocycles. The molecule has 0 aromatic heterocycles. The molecule has 3 aliphatic heterocycles. The van der Waals surface area contributed by atoms with E-state index in [2.05, 4.69) is 72.2 Å². The maximum atomic E-state index is 13.4. The first-order valence-electron chi connectivity index (χ1n) is 13.3. The molecule has 7 heteroatoms. The second-order valence-corrected chi connectivity index (χ2v) is 10.7. The summed E-state index contributed by atoms with van der Waals surface area (Å²) in [6.45, 7) is 12.0. The molecular formula is C29H38N4O3. The first kappa shape index (κ1) is 24.6. The molecule has 0 N–H and O–H groups in total. The van der Waals surface area contributed by atoms with Gasteiger partial charge in [-0.1, -0.05) is 38.1 Å². The van der Waals surface area contributed by atoms with Crippen molar-refractivity contribution in [2.24, 2.45) is 11.8 Å². The van der Waals surface area contributed by atoms with E-state index in [9.17, 15) is 9.59 Å². The van der Waals surface area contributed by atoms with Gasteiger partial charge in [-0.25, -0.2) is 0 Å². The number of benzene rings is 2. The van der Waals surface area contributed by atoms with E-state index in [1.807, 2.05) is 9.80 Å². The molecule has 0 bridgehead atoms. The van der Waals surface area contributed by atoms with Crippen LogP contribution in [0, 0.1) is 11.8 Å². The van der Waals surface area contributed by atoms with Crippen LogP contribution in [0.1, 0.15) is 31.4 Å². The van der Waals surface area contributed by atoms with Gasteiger partial charge < -0.3 is 19.4 Å². The molecule has 2 fully saturated rings. The Labute approximate surface area is 214 Å². The Kier molecular flexibility index (Phi) is 7.46. The Balaban J connectivity index is 1.20. The SMILES string of the molecule is CC(C)CN1CC(C(=O)N2CCOc3ccc(CN4CCN(c5ccccc5)CC4)cc3C2)CC1=O. The standard InChI is InChI=1S/C29H38N4O3/c1-22(2)18-33-21-25(17-28(33)34)29(35)32-14-15-36-27-9-8-23(16-24(27)20-32)19-30-10-12-31(13-11-30)26-6-4-3-5-7-26/h3-9,16,22,25H,10-15,17-21H2,1-2H3. The smallest absolute Gasteiger partial charge is 0.228 e. The Bertz CT molecular complexity index is 1070. The Morgan fingerprint density at radius 3 is 2.56 bits per heavy atom. The topological polar surface area (TPSA) is 56.3 Å². The van der Waals surface area contributed by atoms with Crippen molar-refractivity contribution in [1.29, 1.82) is 0 Å². The fourth-order valence-electron chi connectivity index (χ4n) is 5.61. The van der Waals surface area contributed by atoms with Crippen LogP contribution in [0.3, 0.4) is 0 Å². The molecule has 5 rings (SSSR count). The van der Waals surface area contributed by atoms with Gasteiger partial charge in [0.1, 0.15) is 12.4 Å². The van der Waals surface area contributed by atoms with Gasteiger partial charge in [0.15, 0.2) is 0 Å². The molecule has 2 amide bonds. The predicted octanol–water partition coefficient (Wildman–Crippen LogP) is 3.23. The van der Waals surface area contributed by atoms with Crippen LogP contribution in [0.25, 0.3) is 0 Å². The number of nitrogens with zero attached hydrogens (tertiary/aromatic N) is 4. The highest BCUT2D eigenvalue weighted by atomic mass is 16.5. The number of rotatable bonds is 6. The second-order valence-electron chi connectivity index (χ2n) is 10.7. The number of carbonyl (C=O) groups is 2. The van der Waals surface area contributed by atoms with Crippen molar-refractivity contribution in [3.63, 3.8) is 0 Å². The van der Waals surface area contributed by atoms with Crippen molar-refractivity contribution in [2.75, 3.05) is 57.3 Å². The average molecular weight is 491 g/mol. The number of carbonyl (C=O) groups excluding carboxylic acids is 2. The zero-order valence-corrected chi connectivity index (χ0v) is 21.6. The quantitative estimate of drug-likeness (QED) is 0.622. The fourth-order valence-corrected chi connectivity index (χ4v) is 5.61. The van der Waals surface area contributed by atoms with Gasteiger partial charge in [-0.05, 0) is 35.7 Å². The molecule has 0 spiro atoms. The summed E-state index contributed by atoms with van der Waals surface area (Å²) in [4.78, 5) is 34.5. The minimum atomic E-state index is -0.248. The summed E-state index contributed by atoms with van der Waals surface area (Å²) < 4.78 is 6.00. The maximum absolute atomic E-state index is 13.4. The van der Waals surface area contributed by atoms with Crippen molar-refractivity contribution >= 4 is 17.5 Å². The summed E-state index contributed by atoms with van der Waals surface area (Å²) in [5.74, 6) is 1.20. The molecule has 0 aliphatic carbocycles. The number of hydrogen-bond donors (Lipinski definition) is 0. The van der Waals surface area contributed by atoms with Gasteiger partial charge in [0.2, 0.25) is 11.8 Å². The fraction of sp³-hybridized carbons (Fsp3) is 0.517. The van der Waals surface area contributed by atoms with E-state index in [0.717, 1.165) is 50.6 Å². The highest BCUT2D eigenvalue weighted by Gasteiger charge is 2.37. The molecule has 7 nitrogen and oxygen atoms in total. The maximum Gasteiger partial charge on any atom is 0.228 e. The van der Waals surface area contributed by atoms with Crippen molar-refractivity contribution in [3.8, 4) is 5.75 Å². The highest BCUT2D eigenvalue weighted by Crippen LogP contribution is 2.28. The summed E-state index contributed by atoms with van der Waals surface area (Å²) in [6.07, 6.45) is 0.324. The molecule has 3 aliphatic rings. The number of para-hydroxylation sites is 1. The van der Waals surface area contributed by atoms with E-state index in [1.165, 1.54) is 11.3 Å². The lowest BCUT2D eigenvalue weighted by Crippen LogP contribution is -2.45. The molecule has 0 radical (unpaired) electrons. The van der Waals surface area contributed by atoms with Crippen molar-refractivity contribution in [1.82, 2.24) is 14.7 Å². The number of amides is 2. The minimum absolute atomic E-state index is 0.0773. The van der Waals surface area contributed by atoms with E-state index in [4.69, 9.17) is 4.74 Å². The molecule has 3 heterocycles. The summed E-state index contributed by atoms with van der Waals surface area (Å²) >= 11 is 0. The average Bonchev–Trinajstić information content (AvgIpc) is 3.10. The van der Waals surface area contributed by atoms with Crippen LogP contribution in [0.5, 0.6) is 5.75 Å². The molecule has 1 unspecified atom stereocenters. The largest absolute Gasteiger partial charge is 0.491 e. The van der Waals surface area contributed by atoms with E-state index < -0.39 is 0 Å². The van der Waals surface area contributed by atoms with Gasteiger partial charge >= 0.3 is 0 Å². The molecule has 192 valence electrons. The summed E-state index contributed by atoms with van der Waals surface area (Å²) in [7, 11) is 0. The number of fused-ring (bicyclic) bond motifs is 1.